The van der Waals surface area contributed by atoms with E-state index in [2.05, 4.69) is 14.7 Å². The van der Waals surface area contributed by atoms with Gasteiger partial charge in [0.05, 0.1) is 21.2 Å². The maximum atomic E-state index is 12.8. The second-order valence-corrected chi connectivity index (χ2v) is 11.1. The van der Waals surface area contributed by atoms with Crippen molar-refractivity contribution in [1.82, 2.24) is 9.97 Å². The Morgan fingerprint density at radius 3 is 2.00 bits per heavy atom. The van der Waals surface area contributed by atoms with Gasteiger partial charge in [-0.25, -0.2) is 26.5 Å². The topological polar surface area (TPSA) is 115 Å². The average molecular weight is 496 g/mol. The van der Waals surface area contributed by atoms with Gasteiger partial charge in [0.2, 0.25) is 11.8 Å². The number of rotatable bonds is 8. The molecule has 0 amide bonds. The first-order valence-corrected chi connectivity index (χ1v) is 13.4. The molecule has 4 rings (SSSR count). The zero-order valence-corrected chi connectivity index (χ0v) is 19.8. The number of ether oxygens (including phenoxy) is 1. The van der Waals surface area contributed by atoms with Crippen molar-refractivity contribution in [2.24, 2.45) is 0 Å². The van der Waals surface area contributed by atoms with Gasteiger partial charge in [0.25, 0.3) is 10.0 Å². The van der Waals surface area contributed by atoms with Crippen molar-refractivity contribution >= 4 is 25.8 Å². The van der Waals surface area contributed by atoms with Gasteiger partial charge >= 0.3 is 0 Å². The lowest BCUT2D eigenvalue weighted by Gasteiger charge is -2.12. The zero-order chi connectivity index (χ0) is 24.2. The van der Waals surface area contributed by atoms with E-state index in [1.54, 1.807) is 67.6 Å². The quantitative estimate of drug-likeness (QED) is 0.382. The molecule has 0 radical (unpaired) electrons. The van der Waals surface area contributed by atoms with E-state index in [4.69, 9.17) is 4.74 Å². The van der Waals surface area contributed by atoms with E-state index in [1.165, 1.54) is 24.3 Å². The molecule has 174 valence electrons. The van der Waals surface area contributed by atoms with Crippen LogP contribution in [-0.2, 0) is 19.9 Å². The van der Waals surface area contributed by atoms with Gasteiger partial charge in [0, 0.05) is 11.6 Å². The molecule has 1 aromatic heterocycles. The molecule has 0 saturated carbocycles. The molecule has 1 N–H and O–H groups in total. The molecule has 0 saturated heterocycles. The average Bonchev–Trinajstić information content (AvgIpc) is 2.85. The van der Waals surface area contributed by atoms with Gasteiger partial charge in [-0.3, -0.25) is 0 Å². The third kappa shape index (κ3) is 5.41. The Bertz CT molecular complexity index is 1490. The number of anilines is 1. The molecular weight excluding hydrogens is 474 g/mol. The summed E-state index contributed by atoms with van der Waals surface area (Å²) in [7, 11) is -7.30. The van der Waals surface area contributed by atoms with Gasteiger partial charge in [-0.15, -0.1) is 0 Å². The fourth-order valence-electron chi connectivity index (χ4n) is 3.06. The van der Waals surface area contributed by atoms with Crippen molar-refractivity contribution in [2.75, 3.05) is 10.5 Å². The number of sulfone groups is 1. The van der Waals surface area contributed by atoms with Gasteiger partial charge in [0.1, 0.15) is 5.75 Å². The Morgan fingerprint density at radius 2 is 1.38 bits per heavy atom. The first kappa shape index (κ1) is 23.4. The van der Waals surface area contributed by atoms with Crippen LogP contribution in [0, 0.1) is 0 Å². The van der Waals surface area contributed by atoms with Crippen LogP contribution in [0.1, 0.15) is 6.92 Å². The second kappa shape index (κ2) is 9.62. The Kier molecular flexibility index (Phi) is 6.62. The molecule has 0 atom stereocenters. The molecule has 0 aliphatic rings. The predicted molar refractivity (Wildman–Crippen MR) is 129 cm³/mol. The van der Waals surface area contributed by atoms with E-state index in [0.717, 1.165) is 0 Å². The number of sulfonamides is 1. The van der Waals surface area contributed by atoms with Crippen molar-refractivity contribution in [3.8, 4) is 22.9 Å². The van der Waals surface area contributed by atoms with Crippen molar-refractivity contribution in [1.29, 1.82) is 0 Å². The standard InChI is InChI=1S/C24H21N3O5S2/c1-2-33(28,29)20-15-13-18(14-16-20)22-17-23(32-19-9-5-3-6-10-19)26-24(25-22)27-34(30,31)21-11-7-4-8-12-21/h3-17H,2H2,1H3,(H,25,26,27). The first-order valence-electron chi connectivity index (χ1n) is 10.3. The summed E-state index contributed by atoms with van der Waals surface area (Å²) in [5.74, 6) is 0.429. The minimum Gasteiger partial charge on any atom is -0.439 e. The lowest BCUT2D eigenvalue weighted by atomic mass is 10.1. The molecule has 0 spiro atoms. The third-order valence-electron chi connectivity index (χ3n) is 4.84. The molecular formula is C24H21N3O5S2. The number of benzene rings is 3. The Labute approximate surface area is 198 Å². The van der Waals surface area contributed by atoms with E-state index in [1.807, 2.05) is 6.07 Å². The van der Waals surface area contributed by atoms with Crippen LogP contribution < -0.4 is 9.46 Å². The van der Waals surface area contributed by atoms with E-state index in [-0.39, 0.29) is 27.4 Å². The lowest BCUT2D eigenvalue weighted by molar-refractivity contribution is 0.463. The normalized spacial score (nSPS) is 11.7. The summed E-state index contributed by atoms with van der Waals surface area (Å²) in [5.41, 5.74) is 0.919. The molecule has 0 aliphatic heterocycles. The number of nitrogens with one attached hydrogen (secondary N) is 1. The summed E-state index contributed by atoms with van der Waals surface area (Å²) in [6.45, 7) is 1.58. The largest absolute Gasteiger partial charge is 0.439 e. The fraction of sp³-hybridized carbons (Fsp3) is 0.0833. The van der Waals surface area contributed by atoms with E-state index in [0.29, 0.717) is 17.0 Å². The minimum absolute atomic E-state index is 0.0136. The van der Waals surface area contributed by atoms with Crippen molar-refractivity contribution < 1.29 is 21.6 Å². The Morgan fingerprint density at radius 1 is 0.765 bits per heavy atom. The summed E-state index contributed by atoms with van der Waals surface area (Å²) in [5, 5.41) is 0. The molecule has 4 aromatic rings. The number of aromatic nitrogens is 2. The van der Waals surface area contributed by atoms with Crippen LogP contribution in [-0.4, -0.2) is 32.6 Å². The zero-order valence-electron chi connectivity index (χ0n) is 18.1. The highest BCUT2D eigenvalue weighted by Crippen LogP contribution is 2.28. The Balaban J connectivity index is 1.74. The summed E-state index contributed by atoms with van der Waals surface area (Å²) in [6.07, 6.45) is 0. The van der Waals surface area contributed by atoms with Gasteiger partial charge in [-0.05, 0) is 36.4 Å². The summed E-state index contributed by atoms with van der Waals surface area (Å²) in [6, 6.07) is 24.5. The predicted octanol–water partition coefficient (Wildman–Crippen LogP) is 4.53. The molecule has 34 heavy (non-hydrogen) atoms. The minimum atomic E-state index is -3.94. The molecule has 0 bridgehead atoms. The van der Waals surface area contributed by atoms with Crippen LogP contribution in [0.25, 0.3) is 11.3 Å². The SMILES string of the molecule is CCS(=O)(=O)c1ccc(-c2cc(Oc3ccccc3)nc(NS(=O)(=O)c3ccccc3)n2)cc1. The first-order chi connectivity index (χ1) is 16.3. The third-order valence-corrected chi connectivity index (χ3v) is 7.93. The Hall–Kier alpha value is -3.76. The molecule has 1 heterocycles. The molecule has 0 fully saturated rings. The second-order valence-electron chi connectivity index (χ2n) is 7.18. The van der Waals surface area contributed by atoms with Crippen LogP contribution >= 0.6 is 0 Å². The molecule has 0 unspecified atom stereocenters. The summed E-state index contributed by atoms with van der Waals surface area (Å²) in [4.78, 5) is 8.80. The summed E-state index contributed by atoms with van der Waals surface area (Å²) >= 11 is 0. The van der Waals surface area contributed by atoms with Crippen LogP contribution in [0.5, 0.6) is 11.6 Å². The summed E-state index contributed by atoms with van der Waals surface area (Å²) < 4.78 is 58.1. The highest BCUT2D eigenvalue weighted by molar-refractivity contribution is 7.92. The van der Waals surface area contributed by atoms with Crippen molar-refractivity contribution in [2.45, 2.75) is 16.7 Å². The van der Waals surface area contributed by atoms with Crippen LogP contribution in [0.4, 0.5) is 5.95 Å². The van der Waals surface area contributed by atoms with Crippen LogP contribution in [0.3, 0.4) is 0 Å². The van der Waals surface area contributed by atoms with E-state index >= 15 is 0 Å². The van der Waals surface area contributed by atoms with E-state index in [9.17, 15) is 16.8 Å². The molecule has 8 nitrogen and oxygen atoms in total. The van der Waals surface area contributed by atoms with Gasteiger partial charge in [-0.1, -0.05) is 55.5 Å². The van der Waals surface area contributed by atoms with Gasteiger partial charge in [0.15, 0.2) is 9.84 Å². The highest BCUT2D eigenvalue weighted by atomic mass is 32.2. The van der Waals surface area contributed by atoms with Crippen LogP contribution in [0.15, 0.2) is 101 Å². The van der Waals surface area contributed by atoms with Gasteiger partial charge < -0.3 is 4.74 Å². The number of para-hydroxylation sites is 1. The lowest BCUT2D eigenvalue weighted by Crippen LogP contribution is -2.15. The highest BCUT2D eigenvalue weighted by Gasteiger charge is 2.18. The smallest absolute Gasteiger partial charge is 0.264 e. The molecule has 0 aliphatic carbocycles. The molecule has 3 aromatic carbocycles. The number of hydrogen-bond donors (Lipinski definition) is 1. The van der Waals surface area contributed by atoms with Crippen molar-refractivity contribution in [3.05, 3.63) is 91.0 Å². The van der Waals surface area contributed by atoms with E-state index < -0.39 is 19.9 Å². The monoisotopic (exact) mass is 495 g/mol. The maximum absolute atomic E-state index is 12.8. The molecule has 10 heteroatoms. The van der Waals surface area contributed by atoms with Gasteiger partial charge in [-0.2, -0.15) is 4.98 Å². The van der Waals surface area contributed by atoms with Crippen molar-refractivity contribution in [3.63, 3.8) is 0 Å². The maximum Gasteiger partial charge on any atom is 0.264 e. The number of hydrogen-bond acceptors (Lipinski definition) is 7. The fourth-order valence-corrected chi connectivity index (χ4v) is 4.91. The van der Waals surface area contributed by atoms with Crippen LogP contribution in [0.2, 0.25) is 0 Å². The number of nitrogens with zero attached hydrogens (tertiary/aromatic N) is 2.